The summed E-state index contributed by atoms with van der Waals surface area (Å²) in [5.41, 5.74) is 5.93. The van der Waals surface area contributed by atoms with E-state index in [0.717, 1.165) is 34.0 Å². The number of nitrogen functional groups attached to an aromatic ring is 1. The van der Waals surface area contributed by atoms with E-state index < -0.39 is 0 Å². The second-order valence-corrected chi connectivity index (χ2v) is 6.06. The van der Waals surface area contributed by atoms with Crippen molar-refractivity contribution < 1.29 is 0 Å². The van der Waals surface area contributed by atoms with Crippen LogP contribution in [-0.2, 0) is 12.8 Å². The summed E-state index contributed by atoms with van der Waals surface area (Å²) in [5, 5.41) is 6.90. The van der Waals surface area contributed by atoms with Crippen LogP contribution in [0.3, 0.4) is 0 Å². The lowest BCUT2D eigenvalue weighted by Crippen LogP contribution is -2.01. The number of anilines is 2. The summed E-state index contributed by atoms with van der Waals surface area (Å²) in [6.45, 7) is 0. The summed E-state index contributed by atoms with van der Waals surface area (Å²) >= 11 is 3.25. The fraction of sp³-hybridized carbons (Fsp3) is 0.250. The summed E-state index contributed by atoms with van der Waals surface area (Å²) in [6, 6.07) is 1.96. The van der Waals surface area contributed by atoms with Gasteiger partial charge in [0.25, 0.3) is 0 Å². The Kier molecular flexibility index (Phi) is 3.31. The highest BCUT2D eigenvalue weighted by atomic mass is 32.1. The second-order valence-electron chi connectivity index (χ2n) is 4.05. The normalized spacial score (nSPS) is 11.0. The molecule has 7 heteroatoms. The van der Waals surface area contributed by atoms with Crippen molar-refractivity contribution in [1.82, 2.24) is 15.0 Å². The van der Waals surface area contributed by atoms with Gasteiger partial charge in [-0.05, 0) is 17.9 Å². The number of aryl methyl sites for hydroxylation is 2. The lowest BCUT2D eigenvalue weighted by molar-refractivity contribution is 0.883. The van der Waals surface area contributed by atoms with Crippen molar-refractivity contribution in [3.8, 4) is 0 Å². The van der Waals surface area contributed by atoms with E-state index in [2.05, 4.69) is 20.3 Å². The Morgan fingerprint density at radius 1 is 1.32 bits per heavy atom. The van der Waals surface area contributed by atoms with Crippen LogP contribution in [0.25, 0.3) is 10.2 Å². The Morgan fingerprint density at radius 2 is 2.21 bits per heavy atom. The van der Waals surface area contributed by atoms with Crippen molar-refractivity contribution >= 4 is 43.8 Å². The summed E-state index contributed by atoms with van der Waals surface area (Å²) in [4.78, 5) is 15.3. The molecule has 19 heavy (non-hydrogen) atoms. The number of nitrogens with zero attached hydrogens (tertiary/aromatic N) is 3. The van der Waals surface area contributed by atoms with Crippen LogP contribution in [0, 0.1) is 0 Å². The van der Waals surface area contributed by atoms with Crippen molar-refractivity contribution in [2.75, 3.05) is 18.1 Å². The van der Waals surface area contributed by atoms with Gasteiger partial charge in [0.1, 0.15) is 16.5 Å². The zero-order valence-electron chi connectivity index (χ0n) is 10.4. The van der Waals surface area contributed by atoms with Gasteiger partial charge in [-0.3, -0.25) is 0 Å². The van der Waals surface area contributed by atoms with Crippen molar-refractivity contribution in [2.45, 2.75) is 12.8 Å². The summed E-state index contributed by atoms with van der Waals surface area (Å²) in [5.74, 6) is 1.37. The zero-order chi connectivity index (χ0) is 13.2. The minimum atomic E-state index is 0.571. The molecule has 98 valence electrons. The Labute approximate surface area is 118 Å². The quantitative estimate of drug-likeness (QED) is 0.772. The van der Waals surface area contributed by atoms with Crippen LogP contribution in [0.1, 0.15) is 10.7 Å². The van der Waals surface area contributed by atoms with E-state index >= 15 is 0 Å². The fourth-order valence-electron chi connectivity index (χ4n) is 1.81. The molecule has 0 saturated heterocycles. The lowest BCUT2D eigenvalue weighted by Gasteiger charge is -2.01. The van der Waals surface area contributed by atoms with E-state index in [1.165, 1.54) is 4.88 Å². The molecule has 0 fully saturated rings. The van der Waals surface area contributed by atoms with Gasteiger partial charge in [0.2, 0.25) is 0 Å². The Bertz CT molecular complexity index is 703. The van der Waals surface area contributed by atoms with E-state index in [0.29, 0.717) is 5.82 Å². The first-order valence-corrected chi connectivity index (χ1v) is 7.58. The largest absolute Gasteiger partial charge is 0.383 e. The molecule has 0 radical (unpaired) electrons. The van der Waals surface area contributed by atoms with Crippen molar-refractivity contribution in [1.29, 1.82) is 0 Å². The van der Waals surface area contributed by atoms with Gasteiger partial charge in [0, 0.05) is 24.5 Å². The molecule has 0 atom stereocenters. The second kappa shape index (κ2) is 5.10. The molecule has 3 aromatic rings. The third-order valence-corrected chi connectivity index (χ3v) is 4.64. The molecule has 5 nitrogen and oxygen atoms in total. The van der Waals surface area contributed by atoms with Gasteiger partial charge in [-0.1, -0.05) is 0 Å². The summed E-state index contributed by atoms with van der Waals surface area (Å²) in [6.07, 6.45) is 3.56. The molecule has 0 unspecified atom stereocenters. The van der Waals surface area contributed by atoms with Crippen LogP contribution in [0.15, 0.2) is 17.6 Å². The van der Waals surface area contributed by atoms with Gasteiger partial charge in [0.15, 0.2) is 5.13 Å². The fourth-order valence-corrected chi connectivity index (χ4v) is 3.37. The van der Waals surface area contributed by atoms with Crippen LogP contribution < -0.4 is 11.1 Å². The van der Waals surface area contributed by atoms with Crippen molar-refractivity contribution in [3.63, 3.8) is 0 Å². The van der Waals surface area contributed by atoms with Crippen LogP contribution in [0.4, 0.5) is 10.9 Å². The van der Waals surface area contributed by atoms with Crippen LogP contribution >= 0.6 is 22.7 Å². The molecular formula is C12H13N5S2. The van der Waals surface area contributed by atoms with E-state index in [1.54, 1.807) is 22.7 Å². The van der Waals surface area contributed by atoms with Crippen molar-refractivity contribution in [3.05, 3.63) is 28.3 Å². The number of fused-ring (bicyclic) bond motifs is 1. The number of nitrogens with two attached hydrogens (primary N) is 1. The number of thiazole rings is 1. The Balaban J connectivity index is 1.77. The third-order valence-electron chi connectivity index (χ3n) is 2.76. The number of rotatable bonds is 4. The maximum Gasteiger partial charge on any atom is 0.182 e. The van der Waals surface area contributed by atoms with Crippen molar-refractivity contribution in [2.24, 2.45) is 0 Å². The number of hydrogen-bond donors (Lipinski definition) is 2. The first-order valence-electron chi connectivity index (χ1n) is 5.88. The minimum absolute atomic E-state index is 0.571. The Hall–Kier alpha value is -1.73. The summed E-state index contributed by atoms with van der Waals surface area (Å²) < 4.78 is 0. The van der Waals surface area contributed by atoms with Crippen LogP contribution in [0.2, 0.25) is 0 Å². The smallest absolute Gasteiger partial charge is 0.182 e. The van der Waals surface area contributed by atoms with E-state index in [9.17, 15) is 0 Å². The predicted octanol–water partition coefficient (Wildman–Crippen LogP) is 2.56. The van der Waals surface area contributed by atoms with Gasteiger partial charge in [0.05, 0.1) is 5.39 Å². The SMILES string of the molecule is CNc1ncc(CCc2nc(N)c3ccsc3n2)s1. The maximum absolute atomic E-state index is 5.93. The molecule has 0 spiro atoms. The molecule has 3 heterocycles. The molecule has 3 N–H and O–H groups in total. The zero-order valence-corrected chi connectivity index (χ0v) is 12.0. The average molecular weight is 291 g/mol. The number of nitrogens with one attached hydrogen (secondary N) is 1. The highest BCUT2D eigenvalue weighted by Gasteiger charge is 2.07. The molecule has 3 rings (SSSR count). The number of thiophene rings is 1. The highest BCUT2D eigenvalue weighted by molar-refractivity contribution is 7.16. The highest BCUT2D eigenvalue weighted by Crippen LogP contribution is 2.24. The van der Waals surface area contributed by atoms with E-state index in [1.807, 2.05) is 24.7 Å². The standard InChI is InChI=1S/C12H13N5S2/c1-14-12-15-6-7(19-12)2-3-9-16-10(13)8-4-5-18-11(8)17-9/h4-6H,2-3H2,1H3,(H,14,15)(H2,13,16,17). The van der Waals surface area contributed by atoms with Gasteiger partial charge in [-0.15, -0.1) is 22.7 Å². The molecule has 0 aliphatic rings. The predicted molar refractivity (Wildman–Crippen MR) is 80.9 cm³/mol. The maximum atomic E-state index is 5.93. The van der Waals surface area contributed by atoms with Gasteiger partial charge in [-0.2, -0.15) is 0 Å². The van der Waals surface area contributed by atoms with Gasteiger partial charge in [-0.25, -0.2) is 15.0 Å². The van der Waals surface area contributed by atoms with Gasteiger partial charge < -0.3 is 11.1 Å². The minimum Gasteiger partial charge on any atom is -0.383 e. The molecule has 0 bridgehead atoms. The number of hydrogen-bond acceptors (Lipinski definition) is 7. The number of aromatic nitrogens is 3. The van der Waals surface area contributed by atoms with Gasteiger partial charge >= 0.3 is 0 Å². The van der Waals surface area contributed by atoms with Crippen LogP contribution in [0.5, 0.6) is 0 Å². The first kappa shape index (κ1) is 12.3. The molecular weight excluding hydrogens is 278 g/mol. The molecule has 0 aliphatic carbocycles. The average Bonchev–Trinajstić information content (AvgIpc) is 3.05. The topological polar surface area (TPSA) is 76.7 Å². The summed E-state index contributed by atoms with van der Waals surface area (Å²) in [7, 11) is 1.87. The molecule has 3 aromatic heterocycles. The molecule has 0 amide bonds. The third kappa shape index (κ3) is 2.52. The van der Waals surface area contributed by atoms with Crippen LogP contribution in [-0.4, -0.2) is 22.0 Å². The molecule has 0 saturated carbocycles. The van der Waals surface area contributed by atoms with E-state index in [-0.39, 0.29) is 0 Å². The molecule has 0 aromatic carbocycles. The molecule has 0 aliphatic heterocycles. The lowest BCUT2D eigenvalue weighted by atomic mass is 10.2. The first-order chi connectivity index (χ1) is 9.26. The van der Waals surface area contributed by atoms with E-state index in [4.69, 9.17) is 5.73 Å². The monoisotopic (exact) mass is 291 g/mol. The Morgan fingerprint density at radius 3 is 3.00 bits per heavy atom.